The van der Waals surface area contributed by atoms with Crippen LogP contribution in [0.2, 0.25) is 0 Å². The maximum absolute atomic E-state index is 11.0. The van der Waals surface area contributed by atoms with Gasteiger partial charge in [-0.2, -0.15) is 0 Å². The highest BCUT2D eigenvalue weighted by atomic mass is 16.3. The molecule has 88 valence electrons. The minimum Gasteiger partial charge on any atom is -0.396 e. The van der Waals surface area contributed by atoms with Crippen molar-refractivity contribution in [2.45, 2.75) is 45.3 Å². The molecule has 3 unspecified atom stereocenters. The van der Waals surface area contributed by atoms with E-state index in [9.17, 15) is 9.90 Å². The molecule has 1 aliphatic heterocycles. The van der Waals surface area contributed by atoms with Gasteiger partial charge in [0.05, 0.1) is 12.1 Å². The molecule has 1 heterocycles. The first-order chi connectivity index (χ1) is 7.04. The second-order valence-electron chi connectivity index (χ2n) is 4.70. The maximum Gasteiger partial charge on any atom is 0.220 e. The molecule has 0 spiro atoms. The molecule has 1 amide bonds. The highest BCUT2D eigenvalue weighted by Crippen LogP contribution is 2.21. The van der Waals surface area contributed by atoms with Gasteiger partial charge >= 0.3 is 0 Å². The van der Waals surface area contributed by atoms with Crippen LogP contribution in [0.25, 0.3) is 0 Å². The van der Waals surface area contributed by atoms with Crippen LogP contribution in [0, 0.1) is 11.8 Å². The molecule has 1 aliphatic rings. The average molecular weight is 215 g/mol. The van der Waals surface area contributed by atoms with Crippen LogP contribution < -0.4 is 5.32 Å². The summed E-state index contributed by atoms with van der Waals surface area (Å²) in [6, 6.07) is -0.120. The predicted octanol–water partition coefficient (Wildman–Crippen LogP) is 0.280. The molecule has 0 aromatic rings. The van der Waals surface area contributed by atoms with Crippen molar-refractivity contribution in [1.82, 2.24) is 5.32 Å². The Labute approximate surface area is 90.7 Å². The molecule has 3 N–H and O–H groups in total. The first-order valence-corrected chi connectivity index (χ1v) is 5.63. The first-order valence-electron chi connectivity index (χ1n) is 5.63. The zero-order valence-corrected chi connectivity index (χ0v) is 9.44. The normalized spacial score (nSPS) is 25.4. The van der Waals surface area contributed by atoms with Gasteiger partial charge in [0.1, 0.15) is 0 Å². The standard InChI is InChI=1S/C11H21NO3/c1-7(2)8(6-13)5-10(14)9-3-4-11(15)12-9/h7-10,13-14H,3-6H2,1-2H3,(H,12,15). The van der Waals surface area contributed by atoms with Gasteiger partial charge in [0.15, 0.2) is 0 Å². The summed E-state index contributed by atoms with van der Waals surface area (Å²) in [6.07, 6.45) is 1.23. The molecule has 0 aliphatic carbocycles. The molecule has 4 heteroatoms. The molecular weight excluding hydrogens is 194 g/mol. The zero-order chi connectivity index (χ0) is 11.4. The SMILES string of the molecule is CC(C)C(CO)CC(O)C1CCC(=O)N1. The van der Waals surface area contributed by atoms with Crippen molar-refractivity contribution in [1.29, 1.82) is 0 Å². The molecular formula is C11H21NO3. The highest BCUT2D eigenvalue weighted by molar-refractivity contribution is 5.78. The van der Waals surface area contributed by atoms with Crippen molar-refractivity contribution < 1.29 is 15.0 Å². The fourth-order valence-corrected chi connectivity index (χ4v) is 1.96. The second-order valence-corrected chi connectivity index (χ2v) is 4.70. The number of nitrogens with one attached hydrogen (secondary N) is 1. The Bertz CT molecular complexity index is 218. The summed E-state index contributed by atoms with van der Waals surface area (Å²) >= 11 is 0. The number of rotatable bonds is 5. The van der Waals surface area contributed by atoms with E-state index >= 15 is 0 Å². The van der Waals surface area contributed by atoms with Gasteiger partial charge in [-0.1, -0.05) is 13.8 Å². The molecule has 4 nitrogen and oxygen atoms in total. The Kier molecular flexibility index (Phi) is 4.54. The Morgan fingerprint density at radius 1 is 1.53 bits per heavy atom. The van der Waals surface area contributed by atoms with Crippen molar-refractivity contribution in [3.05, 3.63) is 0 Å². The molecule has 1 rings (SSSR count). The third-order valence-corrected chi connectivity index (χ3v) is 3.21. The quantitative estimate of drug-likeness (QED) is 0.617. The Balaban J connectivity index is 2.40. The van der Waals surface area contributed by atoms with Crippen molar-refractivity contribution in [3.8, 4) is 0 Å². The van der Waals surface area contributed by atoms with E-state index in [1.54, 1.807) is 0 Å². The van der Waals surface area contributed by atoms with E-state index in [2.05, 4.69) is 5.32 Å². The number of carbonyl (C=O) groups is 1. The average Bonchev–Trinajstić information content (AvgIpc) is 2.60. The van der Waals surface area contributed by atoms with Crippen LogP contribution >= 0.6 is 0 Å². The third-order valence-electron chi connectivity index (χ3n) is 3.21. The summed E-state index contributed by atoms with van der Waals surface area (Å²) in [5.74, 6) is 0.475. The van der Waals surface area contributed by atoms with Crippen molar-refractivity contribution in [2.24, 2.45) is 11.8 Å². The molecule has 0 aromatic carbocycles. The topological polar surface area (TPSA) is 69.6 Å². The Hall–Kier alpha value is -0.610. The number of carbonyl (C=O) groups excluding carboxylic acids is 1. The lowest BCUT2D eigenvalue weighted by Crippen LogP contribution is -2.38. The predicted molar refractivity (Wildman–Crippen MR) is 57.2 cm³/mol. The van der Waals surface area contributed by atoms with Gasteiger partial charge < -0.3 is 15.5 Å². The molecule has 0 bridgehead atoms. The minimum atomic E-state index is -0.531. The number of amides is 1. The Morgan fingerprint density at radius 2 is 2.20 bits per heavy atom. The van der Waals surface area contributed by atoms with Crippen molar-refractivity contribution >= 4 is 5.91 Å². The van der Waals surface area contributed by atoms with Gasteiger partial charge in [-0.15, -0.1) is 0 Å². The van der Waals surface area contributed by atoms with E-state index < -0.39 is 6.10 Å². The smallest absolute Gasteiger partial charge is 0.220 e. The van der Waals surface area contributed by atoms with Crippen LogP contribution in [0.15, 0.2) is 0 Å². The van der Waals surface area contributed by atoms with Crippen molar-refractivity contribution in [2.75, 3.05) is 6.61 Å². The van der Waals surface area contributed by atoms with Gasteiger partial charge in [0.25, 0.3) is 0 Å². The summed E-state index contributed by atoms with van der Waals surface area (Å²) in [4.78, 5) is 11.0. The van der Waals surface area contributed by atoms with E-state index in [0.29, 0.717) is 25.2 Å². The molecule has 1 fully saturated rings. The summed E-state index contributed by atoms with van der Waals surface area (Å²) in [5.41, 5.74) is 0. The molecule has 0 saturated carbocycles. The van der Waals surface area contributed by atoms with Gasteiger partial charge in [-0.25, -0.2) is 0 Å². The third kappa shape index (κ3) is 3.47. The Morgan fingerprint density at radius 3 is 2.60 bits per heavy atom. The van der Waals surface area contributed by atoms with E-state index in [0.717, 1.165) is 0 Å². The van der Waals surface area contributed by atoms with Crippen LogP contribution in [-0.2, 0) is 4.79 Å². The van der Waals surface area contributed by atoms with Crippen molar-refractivity contribution in [3.63, 3.8) is 0 Å². The first kappa shape index (κ1) is 12.5. The molecule has 1 saturated heterocycles. The van der Waals surface area contributed by atoms with Crippen LogP contribution in [0.3, 0.4) is 0 Å². The van der Waals surface area contributed by atoms with E-state index in [1.807, 2.05) is 13.8 Å². The lowest BCUT2D eigenvalue weighted by molar-refractivity contribution is -0.119. The fourth-order valence-electron chi connectivity index (χ4n) is 1.96. The number of hydrogen-bond acceptors (Lipinski definition) is 3. The van der Waals surface area contributed by atoms with Gasteiger partial charge in [0.2, 0.25) is 5.91 Å². The zero-order valence-electron chi connectivity index (χ0n) is 9.44. The summed E-state index contributed by atoms with van der Waals surface area (Å²) in [5, 5.41) is 21.8. The van der Waals surface area contributed by atoms with E-state index in [4.69, 9.17) is 5.11 Å². The van der Waals surface area contributed by atoms with Crippen LogP contribution in [-0.4, -0.2) is 34.9 Å². The van der Waals surface area contributed by atoms with Gasteiger partial charge in [0, 0.05) is 13.0 Å². The number of aliphatic hydroxyl groups is 2. The summed E-state index contributed by atoms with van der Waals surface area (Å²) in [7, 11) is 0. The maximum atomic E-state index is 11.0. The van der Waals surface area contributed by atoms with Crippen LogP contribution in [0.1, 0.15) is 33.1 Å². The lowest BCUT2D eigenvalue weighted by Gasteiger charge is -2.25. The summed E-state index contributed by atoms with van der Waals surface area (Å²) in [6.45, 7) is 4.15. The summed E-state index contributed by atoms with van der Waals surface area (Å²) < 4.78 is 0. The fraction of sp³-hybridized carbons (Fsp3) is 0.909. The van der Waals surface area contributed by atoms with E-state index in [-0.39, 0.29) is 24.5 Å². The molecule has 3 atom stereocenters. The monoisotopic (exact) mass is 215 g/mol. The largest absolute Gasteiger partial charge is 0.396 e. The number of aliphatic hydroxyl groups excluding tert-OH is 2. The molecule has 0 aromatic heterocycles. The minimum absolute atomic E-state index is 0.0177. The van der Waals surface area contributed by atoms with Crippen LogP contribution in [0.5, 0.6) is 0 Å². The number of hydrogen-bond donors (Lipinski definition) is 3. The van der Waals surface area contributed by atoms with Crippen LogP contribution in [0.4, 0.5) is 0 Å². The highest BCUT2D eigenvalue weighted by Gasteiger charge is 2.29. The van der Waals surface area contributed by atoms with E-state index in [1.165, 1.54) is 0 Å². The van der Waals surface area contributed by atoms with Gasteiger partial charge in [-0.3, -0.25) is 4.79 Å². The molecule has 15 heavy (non-hydrogen) atoms. The van der Waals surface area contributed by atoms with Gasteiger partial charge in [-0.05, 0) is 24.7 Å². The molecule has 0 radical (unpaired) electrons. The second kappa shape index (κ2) is 5.47. The lowest BCUT2D eigenvalue weighted by atomic mass is 9.88.